The van der Waals surface area contributed by atoms with Gasteiger partial charge >= 0.3 is 0 Å². The number of carbonyl (C=O) groups excluding carboxylic acids is 2. The monoisotopic (exact) mass is 344 g/mol. The molecule has 136 valence electrons. The quantitative estimate of drug-likeness (QED) is 0.771. The molecule has 2 fully saturated rings. The maximum Gasteiger partial charge on any atom is 0.246 e. The van der Waals surface area contributed by atoms with Gasteiger partial charge in [0, 0.05) is 38.7 Å². The van der Waals surface area contributed by atoms with E-state index in [0.717, 1.165) is 18.1 Å². The summed E-state index contributed by atoms with van der Waals surface area (Å²) in [6.45, 7) is 4.37. The molecule has 0 unspecified atom stereocenters. The molecule has 0 N–H and O–H groups in total. The predicted octanol–water partition coefficient (Wildman–Crippen LogP) is 3.24. The fraction of sp³-hybridized carbons (Fsp3) is 0.600. The van der Waals surface area contributed by atoms with Crippen molar-refractivity contribution < 1.29 is 14.0 Å². The SMILES string of the molecule is Cc1ccc(/C=C/C(=O)N2CCN(C(=O)CCC3CCCC3)CC2)o1. The van der Waals surface area contributed by atoms with Gasteiger partial charge in [-0.1, -0.05) is 25.7 Å². The molecule has 1 aromatic heterocycles. The molecule has 0 radical (unpaired) electrons. The van der Waals surface area contributed by atoms with Crippen LogP contribution < -0.4 is 0 Å². The Morgan fingerprint density at radius 1 is 1.12 bits per heavy atom. The average molecular weight is 344 g/mol. The first kappa shape index (κ1) is 17.8. The maximum absolute atomic E-state index is 12.3. The summed E-state index contributed by atoms with van der Waals surface area (Å²) in [5.41, 5.74) is 0. The second-order valence-corrected chi connectivity index (χ2v) is 7.18. The van der Waals surface area contributed by atoms with Crippen molar-refractivity contribution >= 4 is 17.9 Å². The lowest BCUT2D eigenvalue weighted by Gasteiger charge is -2.34. The van der Waals surface area contributed by atoms with E-state index in [0.29, 0.717) is 38.4 Å². The van der Waals surface area contributed by atoms with Crippen molar-refractivity contribution in [1.82, 2.24) is 9.80 Å². The Labute approximate surface area is 149 Å². The summed E-state index contributed by atoms with van der Waals surface area (Å²) in [6, 6.07) is 3.72. The number of aryl methyl sites for hydroxylation is 1. The molecule has 25 heavy (non-hydrogen) atoms. The highest BCUT2D eigenvalue weighted by Crippen LogP contribution is 2.28. The third-order valence-corrected chi connectivity index (χ3v) is 5.34. The van der Waals surface area contributed by atoms with E-state index in [2.05, 4.69) is 0 Å². The second kappa shape index (κ2) is 8.37. The zero-order chi connectivity index (χ0) is 17.6. The lowest BCUT2D eigenvalue weighted by molar-refractivity contribution is -0.137. The van der Waals surface area contributed by atoms with E-state index in [1.807, 2.05) is 24.0 Å². The summed E-state index contributed by atoms with van der Waals surface area (Å²) in [6.07, 6.45) is 10.2. The first-order valence-electron chi connectivity index (χ1n) is 9.43. The minimum absolute atomic E-state index is 0.0212. The molecule has 0 bridgehead atoms. The van der Waals surface area contributed by atoms with Crippen molar-refractivity contribution in [2.75, 3.05) is 26.2 Å². The van der Waals surface area contributed by atoms with E-state index >= 15 is 0 Å². The summed E-state index contributed by atoms with van der Waals surface area (Å²) in [5.74, 6) is 2.50. The highest BCUT2D eigenvalue weighted by molar-refractivity contribution is 5.91. The summed E-state index contributed by atoms with van der Waals surface area (Å²) in [4.78, 5) is 28.3. The summed E-state index contributed by atoms with van der Waals surface area (Å²) < 4.78 is 5.43. The molecule has 5 heteroatoms. The number of piperazine rings is 1. The Hall–Kier alpha value is -2.04. The van der Waals surface area contributed by atoms with Crippen LogP contribution in [0.1, 0.15) is 50.0 Å². The second-order valence-electron chi connectivity index (χ2n) is 7.18. The fourth-order valence-electron chi connectivity index (χ4n) is 3.76. The van der Waals surface area contributed by atoms with Crippen LogP contribution in [0.15, 0.2) is 22.6 Å². The van der Waals surface area contributed by atoms with E-state index in [1.165, 1.54) is 25.7 Å². The molecule has 1 aliphatic carbocycles. The van der Waals surface area contributed by atoms with Crippen LogP contribution in [0.3, 0.4) is 0 Å². The van der Waals surface area contributed by atoms with Gasteiger partial charge in [0.25, 0.3) is 0 Å². The average Bonchev–Trinajstić information content (AvgIpc) is 3.29. The van der Waals surface area contributed by atoms with Gasteiger partial charge in [-0.25, -0.2) is 0 Å². The third-order valence-electron chi connectivity index (χ3n) is 5.34. The van der Waals surface area contributed by atoms with Gasteiger partial charge in [0.2, 0.25) is 11.8 Å². The number of furan rings is 1. The highest BCUT2D eigenvalue weighted by atomic mass is 16.3. The Balaban J connectivity index is 1.40. The molecule has 3 rings (SSSR count). The lowest BCUT2D eigenvalue weighted by Crippen LogP contribution is -2.50. The zero-order valence-corrected chi connectivity index (χ0v) is 15.1. The third kappa shape index (κ3) is 4.97. The van der Waals surface area contributed by atoms with Crippen molar-refractivity contribution in [2.24, 2.45) is 5.92 Å². The van der Waals surface area contributed by atoms with E-state index in [-0.39, 0.29) is 11.8 Å². The first-order valence-corrected chi connectivity index (χ1v) is 9.43. The van der Waals surface area contributed by atoms with Crippen LogP contribution in [-0.4, -0.2) is 47.8 Å². The van der Waals surface area contributed by atoms with Crippen LogP contribution >= 0.6 is 0 Å². The molecule has 2 amide bonds. The molecule has 1 saturated carbocycles. The summed E-state index contributed by atoms with van der Waals surface area (Å²) in [5, 5.41) is 0. The van der Waals surface area contributed by atoms with Gasteiger partial charge < -0.3 is 14.2 Å². The molecule has 2 heterocycles. The molecule has 5 nitrogen and oxygen atoms in total. The molecule has 0 atom stereocenters. The minimum atomic E-state index is -0.0212. The predicted molar refractivity (Wildman–Crippen MR) is 96.8 cm³/mol. The molecular formula is C20H28N2O3. The van der Waals surface area contributed by atoms with Crippen molar-refractivity contribution in [3.05, 3.63) is 29.7 Å². The van der Waals surface area contributed by atoms with Crippen LogP contribution in [0.5, 0.6) is 0 Å². The van der Waals surface area contributed by atoms with Gasteiger partial charge in [-0.2, -0.15) is 0 Å². The Morgan fingerprint density at radius 2 is 1.80 bits per heavy atom. The number of nitrogens with zero attached hydrogens (tertiary/aromatic N) is 2. The topological polar surface area (TPSA) is 53.8 Å². The van der Waals surface area contributed by atoms with E-state index in [1.54, 1.807) is 17.1 Å². The van der Waals surface area contributed by atoms with Gasteiger partial charge in [0.15, 0.2) is 0 Å². The Morgan fingerprint density at radius 3 is 2.44 bits per heavy atom. The van der Waals surface area contributed by atoms with Crippen molar-refractivity contribution in [3.8, 4) is 0 Å². The molecule has 0 spiro atoms. The van der Waals surface area contributed by atoms with Crippen molar-refractivity contribution in [3.63, 3.8) is 0 Å². The Bertz CT molecular complexity index is 621. The smallest absolute Gasteiger partial charge is 0.246 e. The van der Waals surface area contributed by atoms with Crippen molar-refractivity contribution in [1.29, 1.82) is 0 Å². The molecule has 2 aliphatic rings. The van der Waals surface area contributed by atoms with Crippen LogP contribution in [-0.2, 0) is 9.59 Å². The number of rotatable bonds is 5. The standard InChI is InChI=1S/C20H28N2O3/c1-16-6-8-18(25-16)9-11-20(24)22-14-12-21(13-15-22)19(23)10-7-17-4-2-3-5-17/h6,8-9,11,17H,2-5,7,10,12-15H2,1H3/b11-9+. The number of carbonyl (C=O) groups is 2. The van der Waals surface area contributed by atoms with Gasteiger partial charge in [-0.05, 0) is 37.5 Å². The number of hydrogen-bond acceptors (Lipinski definition) is 3. The van der Waals surface area contributed by atoms with Crippen LogP contribution in [0.2, 0.25) is 0 Å². The summed E-state index contributed by atoms with van der Waals surface area (Å²) in [7, 11) is 0. The highest BCUT2D eigenvalue weighted by Gasteiger charge is 2.24. The summed E-state index contributed by atoms with van der Waals surface area (Å²) >= 11 is 0. The van der Waals surface area contributed by atoms with E-state index in [9.17, 15) is 9.59 Å². The van der Waals surface area contributed by atoms with Gasteiger partial charge in [-0.3, -0.25) is 9.59 Å². The maximum atomic E-state index is 12.3. The molecule has 0 aromatic carbocycles. The van der Waals surface area contributed by atoms with Crippen LogP contribution in [0, 0.1) is 12.8 Å². The molecule has 1 saturated heterocycles. The number of hydrogen-bond donors (Lipinski definition) is 0. The van der Waals surface area contributed by atoms with Gasteiger partial charge in [0.05, 0.1) is 0 Å². The zero-order valence-electron chi connectivity index (χ0n) is 15.1. The largest absolute Gasteiger partial charge is 0.462 e. The fourth-order valence-corrected chi connectivity index (χ4v) is 3.76. The van der Waals surface area contributed by atoms with Crippen LogP contribution in [0.25, 0.3) is 6.08 Å². The normalized spacial score (nSPS) is 19.1. The van der Waals surface area contributed by atoms with E-state index < -0.39 is 0 Å². The molecule has 1 aliphatic heterocycles. The number of amides is 2. The van der Waals surface area contributed by atoms with Gasteiger partial charge in [-0.15, -0.1) is 0 Å². The first-order chi connectivity index (χ1) is 12.1. The van der Waals surface area contributed by atoms with Crippen LogP contribution in [0.4, 0.5) is 0 Å². The molecule has 1 aromatic rings. The lowest BCUT2D eigenvalue weighted by atomic mass is 10.0. The van der Waals surface area contributed by atoms with E-state index in [4.69, 9.17) is 4.42 Å². The Kier molecular flexibility index (Phi) is 5.95. The minimum Gasteiger partial charge on any atom is -0.462 e. The van der Waals surface area contributed by atoms with Crippen molar-refractivity contribution in [2.45, 2.75) is 45.4 Å². The van der Waals surface area contributed by atoms with Gasteiger partial charge in [0.1, 0.15) is 11.5 Å². The molecular weight excluding hydrogens is 316 g/mol.